The Bertz CT molecular complexity index is 238. The molecular weight excluding hydrogens is 202 g/mol. The van der Waals surface area contributed by atoms with E-state index in [2.05, 4.69) is 10.2 Å². The summed E-state index contributed by atoms with van der Waals surface area (Å²) >= 11 is 0. The zero-order chi connectivity index (χ0) is 11.4. The SMILES string of the molecule is CNCC1CCCCN1CC(=O)N1CCC1. The molecule has 0 bridgehead atoms. The predicted octanol–water partition coefficient (Wildman–Crippen LogP) is 0.293. The minimum absolute atomic E-state index is 0.328. The van der Waals surface area contributed by atoms with Gasteiger partial charge < -0.3 is 10.2 Å². The van der Waals surface area contributed by atoms with Gasteiger partial charge in [0.25, 0.3) is 0 Å². The zero-order valence-corrected chi connectivity index (χ0v) is 10.2. The summed E-state index contributed by atoms with van der Waals surface area (Å²) in [5, 5.41) is 3.23. The monoisotopic (exact) mass is 225 g/mol. The Hall–Kier alpha value is -0.610. The summed E-state index contributed by atoms with van der Waals surface area (Å²) in [6, 6.07) is 0.559. The van der Waals surface area contributed by atoms with Crippen LogP contribution in [-0.2, 0) is 4.79 Å². The zero-order valence-electron chi connectivity index (χ0n) is 10.2. The molecule has 2 aliphatic rings. The van der Waals surface area contributed by atoms with Crippen LogP contribution >= 0.6 is 0 Å². The van der Waals surface area contributed by atoms with Crippen LogP contribution in [0.4, 0.5) is 0 Å². The van der Waals surface area contributed by atoms with Gasteiger partial charge in [0.05, 0.1) is 6.54 Å². The highest BCUT2D eigenvalue weighted by Gasteiger charge is 2.27. The second-order valence-corrected chi connectivity index (χ2v) is 4.91. The largest absolute Gasteiger partial charge is 0.341 e. The van der Waals surface area contributed by atoms with Crippen LogP contribution in [-0.4, -0.2) is 61.5 Å². The van der Waals surface area contributed by atoms with Crippen LogP contribution in [0.5, 0.6) is 0 Å². The lowest BCUT2D eigenvalue weighted by Crippen LogP contribution is -2.52. The van der Waals surface area contributed by atoms with Crippen LogP contribution in [0.15, 0.2) is 0 Å². The Balaban J connectivity index is 1.82. The first-order valence-electron chi connectivity index (χ1n) is 6.47. The molecule has 1 N–H and O–H groups in total. The molecule has 2 aliphatic heterocycles. The first-order valence-corrected chi connectivity index (χ1v) is 6.47. The van der Waals surface area contributed by atoms with Crippen molar-refractivity contribution in [2.24, 2.45) is 0 Å². The van der Waals surface area contributed by atoms with Crippen molar-refractivity contribution in [3.63, 3.8) is 0 Å². The number of likely N-dealkylation sites (N-methyl/N-ethyl adjacent to an activating group) is 1. The Morgan fingerprint density at radius 3 is 2.69 bits per heavy atom. The van der Waals surface area contributed by atoms with Crippen molar-refractivity contribution in [2.75, 3.05) is 39.8 Å². The summed E-state index contributed by atoms with van der Waals surface area (Å²) < 4.78 is 0. The van der Waals surface area contributed by atoms with E-state index in [0.717, 1.165) is 26.2 Å². The second-order valence-electron chi connectivity index (χ2n) is 4.91. The molecule has 1 atom stereocenters. The standard InChI is InChI=1S/C12H23N3O/c1-13-9-11-5-2-3-6-15(11)10-12(16)14-7-4-8-14/h11,13H,2-10H2,1H3. The van der Waals surface area contributed by atoms with Crippen molar-refractivity contribution in [3.8, 4) is 0 Å². The molecule has 2 heterocycles. The highest BCUT2D eigenvalue weighted by molar-refractivity contribution is 5.79. The Labute approximate surface area is 98.0 Å². The molecule has 2 saturated heterocycles. The van der Waals surface area contributed by atoms with Gasteiger partial charge in [0, 0.05) is 25.7 Å². The third-order valence-electron chi connectivity index (χ3n) is 3.74. The molecule has 16 heavy (non-hydrogen) atoms. The van der Waals surface area contributed by atoms with Crippen molar-refractivity contribution < 1.29 is 4.79 Å². The van der Waals surface area contributed by atoms with Crippen LogP contribution in [0.1, 0.15) is 25.7 Å². The van der Waals surface area contributed by atoms with E-state index in [9.17, 15) is 4.79 Å². The van der Waals surface area contributed by atoms with Gasteiger partial charge in [-0.2, -0.15) is 0 Å². The number of piperidine rings is 1. The van der Waals surface area contributed by atoms with Gasteiger partial charge in [0.1, 0.15) is 0 Å². The lowest BCUT2D eigenvalue weighted by atomic mass is 10.0. The highest BCUT2D eigenvalue weighted by atomic mass is 16.2. The van der Waals surface area contributed by atoms with Gasteiger partial charge in [-0.25, -0.2) is 0 Å². The average Bonchev–Trinajstić information content (AvgIpc) is 2.18. The summed E-state index contributed by atoms with van der Waals surface area (Å²) in [5.41, 5.74) is 0. The van der Waals surface area contributed by atoms with Gasteiger partial charge in [-0.3, -0.25) is 9.69 Å². The molecule has 4 nitrogen and oxygen atoms in total. The average molecular weight is 225 g/mol. The molecule has 0 saturated carbocycles. The number of nitrogens with one attached hydrogen (secondary N) is 1. The fourth-order valence-corrected chi connectivity index (χ4v) is 2.57. The molecule has 2 fully saturated rings. The number of amides is 1. The number of hydrogen-bond acceptors (Lipinski definition) is 3. The number of hydrogen-bond donors (Lipinski definition) is 1. The van der Waals surface area contributed by atoms with Gasteiger partial charge in [0.2, 0.25) is 5.91 Å². The lowest BCUT2D eigenvalue weighted by molar-refractivity contribution is -0.136. The molecule has 1 unspecified atom stereocenters. The minimum Gasteiger partial charge on any atom is -0.341 e. The van der Waals surface area contributed by atoms with E-state index >= 15 is 0 Å². The molecule has 0 aromatic rings. The quantitative estimate of drug-likeness (QED) is 0.747. The maximum absolute atomic E-state index is 11.9. The van der Waals surface area contributed by atoms with E-state index in [1.54, 1.807) is 0 Å². The van der Waals surface area contributed by atoms with Crippen LogP contribution < -0.4 is 5.32 Å². The van der Waals surface area contributed by atoms with Gasteiger partial charge in [-0.05, 0) is 32.9 Å². The number of carbonyl (C=O) groups excluding carboxylic acids is 1. The van der Waals surface area contributed by atoms with Crippen molar-refractivity contribution in [2.45, 2.75) is 31.7 Å². The van der Waals surface area contributed by atoms with Crippen molar-refractivity contribution in [3.05, 3.63) is 0 Å². The number of carbonyl (C=O) groups is 1. The maximum Gasteiger partial charge on any atom is 0.236 e. The van der Waals surface area contributed by atoms with Crippen LogP contribution in [0.25, 0.3) is 0 Å². The molecule has 0 spiro atoms. The number of rotatable bonds is 4. The fraction of sp³-hybridized carbons (Fsp3) is 0.917. The van der Waals surface area contributed by atoms with Crippen molar-refractivity contribution in [1.82, 2.24) is 15.1 Å². The highest BCUT2D eigenvalue weighted by Crippen LogP contribution is 2.17. The summed E-state index contributed by atoms with van der Waals surface area (Å²) in [6.45, 7) is 4.68. The van der Waals surface area contributed by atoms with Gasteiger partial charge >= 0.3 is 0 Å². The topological polar surface area (TPSA) is 35.6 Å². The summed E-state index contributed by atoms with van der Waals surface area (Å²) in [5.74, 6) is 0.328. The summed E-state index contributed by atoms with van der Waals surface area (Å²) in [6.07, 6.45) is 4.97. The second kappa shape index (κ2) is 5.64. The van der Waals surface area contributed by atoms with Crippen molar-refractivity contribution >= 4 is 5.91 Å². The van der Waals surface area contributed by atoms with Crippen molar-refractivity contribution in [1.29, 1.82) is 0 Å². The molecule has 1 amide bonds. The number of nitrogens with zero attached hydrogens (tertiary/aromatic N) is 2. The maximum atomic E-state index is 11.9. The minimum atomic E-state index is 0.328. The molecule has 2 rings (SSSR count). The first kappa shape index (κ1) is 11.9. The van der Waals surface area contributed by atoms with E-state index in [1.807, 2.05) is 11.9 Å². The molecule has 4 heteroatoms. The van der Waals surface area contributed by atoms with E-state index in [-0.39, 0.29) is 0 Å². The van der Waals surface area contributed by atoms with E-state index < -0.39 is 0 Å². The molecular formula is C12H23N3O. The molecule has 0 aromatic carbocycles. The first-order chi connectivity index (χ1) is 7.81. The normalized spacial score (nSPS) is 26.6. The van der Waals surface area contributed by atoms with E-state index in [4.69, 9.17) is 0 Å². The van der Waals surface area contributed by atoms with Gasteiger partial charge in [0.15, 0.2) is 0 Å². The molecule has 0 radical (unpaired) electrons. The lowest BCUT2D eigenvalue weighted by Gasteiger charge is -2.38. The van der Waals surface area contributed by atoms with Crippen LogP contribution in [0, 0.1) is 0 Å². The summed E-state index contributed by atoms with van der Waals surface area (Å²) in [4.78, 5) is 16.2. The van der Waals surface area contributed by atoms with E-state index in [0.29, 0.717) is 18.5 Å². The Kier molecular flexibility index (Phi) is 4.18. The molecule has 92 valence electrons. The third-order valence-corrected chi connectivity index (χ3v) is 3.74. The smallest absolute Gasteiger partial charge is 0.236 e. The third kappa shape index (κ3) is 2.74. The van der Waals surface area contributed by atoms with Gasteiger partial charge in [-0.15, -0.1) is 0 Å². The summed E-state index contributed by atoms with van der Waals surface area (Å²) in [7, 11) is 1.99. The van der Waals surface area contributed by atoms with Crippen LogP contribution in [0.3, 0.4) is 0 Å². The van der Waals surface area contributed by atoms with E-state index in [1.165, 1.54) is 25.7 Å². The Morgan fingerprint density at radius 2 is 2.06 bits per heavy atom. The predicted molar refractivity (Wildman–Crippen MR) is 64.3 cm³/mol. The molecule has 0 aromatic heterocycles. The molecule has 0 aliphatic carbocycles. The fourth-order valence-electron chi connectivity index (χ4n) is 2.57. The van der Waals surface area contributed by atoms with Crippen LogP contribution in [0.2, 0.25) is 0 Å². The number of likely N-dealkylation sites (tertiary alicyclic amines) is 2. The van der Waals surface area contributed by atoms with Gasteiger partial charge in [-0.1, -0.05) is 6.42 Å². The Morgan fingerprint density at radius 1 is 1.25 bits per heavy atom.